The summed E-state index contributed by atoms with van der Waals surface area (Å²) in [5, 5.41) is 8.82. The van der Waals surface area contributed by atoms with Crippen LogP contribution in [0, 0.1) is 17.1 Å². The average Bonchev–Trinajstić information content (AvgIpc) is 2.54. The smallest absolute Gasteiger partial charge is 0.243 e. The summed E-state index contributed by atoms with van der Waals surface area (Å²) in [5.41, 5.74) is 5.54. The van der Waals surface area contributed by atoms with Crippen molar-refractivity contribution in [1.29, 1.82) is 5.26 Å². The third-order valence-electron chi connectivity index (χ3n) is 3.54. The van der Waals surface area contributed by atoms with Crippen LogP contribution in [0.2, 0.25) is 5.02 Å². The molecular formula is C16H13ClFN3O3S. The number of primary amides is 1. The molecule has 1 amide bonds. The minimum Gasteiger partial charge on any atom is -0.368 e. The molecule has 0 saturated heterocycles. The Kier molecular flexibility index (Phi) is 5.42. The van der Waals surface area contributed by atoms with Gasteiger partial charge in [0.25, 0.3) is 0 Å². The van der Waals surface area contributed by atoms with E-state index in [4.69, 9.17) is 22.6 Å². The molecule has 2 aromatic rings. The molecule has 2 rings (SSSR count). The topological polar surface area (TPSA) is 104 Å². The summed E-state index contributed by atoms with van der Waals surface area (Å²) in [6, 6.07) is 8.91. The van der Waals surface area contributed by atoms with Gasteiger partial charge in [0.15, 0.2) is 0 Å². The lowest BCUT2D eigenvalue weighted by atomic mass is 10.1. The molecule has 0 heterocycles. The Morgan fingerprint density at radius 1 is 1.32 bits per heavy atom. The van der Waals surface area contributed by atoms with Crippen molar-refractivity contribution in [3.63, 3.8) is 0 Å². The molecule has 0 bridgehead atoms. The predicted octanol–water partition coefficient (Wildman–Crippen LogP) is 2.20. The van der Waals surface area contributed by atoms with E-state index in [9.17, 15) is 17.6 Å². The van der Waals surface area contributed by atoms with Gasteiger partial charge in [0.05, 0.1) is 15.5 Å². The van der Waals surface area contributed by atoms with Crippen LogP contribution in [0.15, 0.2) is 47.4 Å². The van der Waals surface area contributed by atoms with E-state index >= 15 is 0 Å². The fraction of sp³-hybridized carbons (Fsp3) is 0.125. The van der Waals surface area contributed by atoms with Crippen LogP contribution in [-0.4, -0.2) is 25.7 Å². The number of carbonyl (C=O) groups excluding carboxylic acids is 1. The minimum absolute atomic E-state index is 0.0432. The van der Waals surface area contributed by atoms with Crippen LogP contribution < -0.4 is 5.73 Å². The van der Waals surface area contributed by atoms with Crippen LogP contribution >= 0.6 is 11.6 Å². The van der Waals surface area contributed by atoms with E-state index in [1.165, 1.54) is 24.3 Å². The predicted molar refractivity (Wildman–Crippen MR) is 89.5 cm³/mol. The maximum Gasteiger partial charge on any atom is 0.243 e. The van der Waals surface area contributed by atoms with Gasteiger partial charge in [-0.25, -0.2) is 12.8 Å². The third kappa shape index (κ3) is 3.79. The lowest BCUT2D eigenvalue weighted by Gasteiger charge is -2.25. The molecule has 0 aliphatic carbocycles. The standard InChI is InChI=1S/C16H13ClFN3O3S/c1-21(15(16(20)22)10-3-2-4-12(18)7-10)25(23,24)13-6-5-11(9-19)14(17)8-13/h2-8,15H,1H3,(H2,20,22). The molecule has 0 saturated carbocycles. The minimum atomic E-state index is -4.18. The van der Waals surface area contributed by atoms with Gasteiger partial charge in [-0.3, -0.25) is 4.79 Å². The number of rotatable bonds is 5. The first-order chi connectivity index (χ1) is 11.7. The van der Waals surface area contributed by atoms with E-state index < -0.39 is 27.8 Å². The molecular weight excluding hydrogens is 369 g/mol. The second-order valence-corrected chi connectivity index (χ2v) is 7.54. The highest BCUT2D eigenvalue weighted by molar-refractivity contribution is 7.89. The number of hydrogen-bond acceptors (Lipinski definition) is 4. The summed E-state index contributed by atoms with van der Waals surface area (Å²) in [6.07, 6.45) is 0. The zero-order valence-electron chi connectivity index (χ0n) is 13.0. The molecule has 130 valence electrons. The number of nitrogens with two attached hydrogens (primary N) is 1. The fourth-order valence-corrected chi connectivity index (χ4v) is 3.91. The van der Waals surface area contributed by atoms with E-state index in [2.05, 4.69) is 0 Å². The maximum absolute atomic E-state index is 13.4. The number of amides is 1. The van der Waals surface area contributed by atoms with E-state index in [1.54, 1.807) is 0 Å². The first-order valence-corrected chi connectivity index (χ1v) is 8.72. The van der Waals surface area contributed by atoms with Crippen molar-refractivity contribution in [1.82, 2.24) is 4.31 Å². The molecule has 0 aliphatic heterocycles. The van der Waals surface area contributed by atoms with Crippen LogP contribution in [-0.2, 0) is 14.8 Å². The quantitative estimate of drug-likeness (QED) is 0.857. The molecule has 9 heteroatoms. The summed E-state index contributed by atoms with van der Waals surface area (Å²) >= 11 is 5.87. The van der Waals surface area contributed by atoms with Crippen LogP contribution in [0.4, 0.5) is 4.39 Å². The summed E-state index contributed by atoms with van der Waals surface area (Å²) in [6.45, 7) is 0. The van der Waals surface area contributed by atoms with Crippen molar-refractivity contribution in [2.45, 2.75) is 10.9 Å². The molecule has 25 heavy (non-hydrogen) atoms. The van der Waals surface area contributed by atoms with Crippen molar-refractivity contribution in [3.05, 3.63) is 64.4 Å². The average molecular weight is 382 g/mol. The Morgan fingerprint density at radius 3 is 2.52 bits per heavy atom. The second-order valence-electron chi connectivity index (χ2n) is 5.13. The maximum atomic E-state index is 13.4. The Morgan fingerprint density at radius 2 is 2.00 bits per heavy atom. The molecule has 0 spiro atoms. The number of nitriles is 1. The van der Waals surface area contributed by atoms with E-state index in [1.807, 2.05) is 6.07 Å². The van der Waals surface area contributed by atoms with Crippen LogP contribution in [0.3, 0.4) is 0 Å². The Labute approximate surface area is 149 Å². The summed E-state index contributed by atoms with van der Waals surface area (Å²) in [7, 11) is -3.02. The van der Waals surface area contributed by atoms with Gasteiger partial charge in [0, 0.05) is 7.05 Å². The number of benzene rings is 2. The fourth-order valence-electron chi connectivity index (χ4n) is 2.28. The Hall–Kier alpha value is -2.47. The number of carbonyl (C=O) groups is 1. The van der Waals surface area contributed by atoms with Gasteiger partial charge >= 0.3 is 0 Å². The largest absolute Gasteiger partial charge is 0.368 e. The lowest BCUT2D eigenvalue weighted by Crippen LogP contribution is -2.39. The number of halogens is 2. The SMILES string of the molecule is CN(C(C(N)=O)c1cccc(F)c1)S(=O)(=O)c1ccc(C#N)c(Cl)c1. The van der Waals surface area contributed by atoms with Crippen molar-refractivity contribution in [2.75, 3.05) is 7.05 Å². The van der Waals surface area contributed by atoms with E-state index in [-0.39, 0.29) is 21.0 Å². The summed E-state index contributed by atoms with van der Waals surface area (Å²) < 4.78 is 39.7. The van der Waals surface area contributed by atoms with Crippen molar-refractivity contribution < 1.29 is 17.6 Å². The monoisotopic (exact) mass is 381 g/mol. The van der Waals surface area contributed by atoms with Gasteiger partial charge in [-0.15, -0.1) is 0 Å². The van der Waals surface area contributed by atoms with Gasteiger partial charge in [-0.1, -0.05) is 23.7 Å². The molecule has 0 aromatic heterocycles. The van der Waals surface area contributed by atoms with E-state index in [0.29, 0.717) is 0 Å². The molecule has 6 nitrogen and oxygen atoms in total. The Bertz CT molecular complexity index is 973. The zero-order valence-corrected chi connectivity index (χ0v) is 14.6. The van der Waals surface area contributed by atoms with Crippen molar-refractivity contribution in [2.24, 2.45) is 5.73 Å². The number of sulfonamides is 1. The lowest BCUT2D eigenvalue weighted by molar-refractivity contribution is -0.121. The highest BCUT2D eigenvalue weighted by Crippen LogP contribution is 2.28. The second kappa shape index (κ2) is 7.19. The first kappa shape index (κ1) is 18.9. The van der Waals surface area contributed by atoms with Gasteiger partial charge < -0.3 is 5.73 Å². The van der Waals surface area contributed by atoms with Crippen molar-refractivity contribution >= 4 is 27.5 Å². The number of hydrogen-bond donors (Lipinski definition) is 1. The van der Waals surface area contributed by atoms with E-state index in [0.717, 1.165) is 29.6 Å². The molecule has 2 aromatic carbocycles. The van der Waals surface area contributed by atoms with Crippen LogP contribution in [0.5, 0.6) is 0 Å². The van der Waals surface area contributed by atoms with Crippen molar-refractivity contribution in [3.8, 4) is 6.07 Å². The molecule has 0 radical (unpaired) electrons. The Balaban J connectivity index is 2.51. The van der Waals surface area contributed by atoms with Gasteiger partial charge in [0.1, 0.15) is 17.9 Å². The molecule has 0 aliphatic rings. The van der Waals surface area contributed by atoms with Gasteiger partial charge in [-0.05, 0) is 35.9 Å². The zero-order chi connectivity index (χ0) is 18.8. The first-order valence-electron chi connectivity index (χ1n) is 6.91. The molecule has 0 fully saturated rings. The summed E-state index contributed by atoms with van der Waals surface area (Å²) in [4.78, 5) is 11.6. The third-order valence-corrected chi connectivity index (χ3v) is 5.67. The highest BCUT2D eigenvalue weighted by atomic mass is 35.5. The van der Waals surface area contributed by atoms with Gasteiger partial charge in [-0.2, -0.15) is 9.57 Å². The van der Waals surface area contributed by atoms with Crippen LogP contribution in [0.25, 0.3) is 0 Å². The highest BCUT2D eigenvalue weighted by Gasteiger charge is 2.33. The summed E-state index contributed by atoms with van der Waals surface area (Å²) in [5.74, 6) is -1.59. The van der Waals surface area contributed by atoms with Crippen LogP contribution in [0.1, 0.15) is 17.2 Å². The number of nitrogens with zero attached hydrogens (tertiary/aromatic N) is 2. The van der Waals surface area contributed by atoms with Gasteiger partial charge in [0.2, 0.25) is 15.9 Å². The molecule has 2 N–H and O–H groups in total. The number of likely N-dealkylation sites (N-methyl/N-ethyl adjacent to an activating group) is 1. The normalized spacial score (nSPS) is 12.6. The molecule has 1 unspecified atom stereocenters. The molecule has 1 atom stereocenters.